The lowest BCUT2D eigenvalue weighted by atomic mass is 9.99. The SMILES string of the molecule is CC1CCN(C(=O)CN(Cc2ccccc2)C(=O)c2cc(-c3ccccc3)on2)CC1. The molecule has 6 nitrogen and oxygen atoms in total. The maximum atomic E-state index is 13.3. The van der Waals surface area contributed by atoms with Crippen LogP contribution in [-0.4, -0.2) is 46.4 Å². The van der Waals surface area contributed by atoms with E-state index in [2.05, 4.69) is 12.1 Å². The Morgan fingerprint density at radius 2 is 1.68 bits per heavy atom. The van der Waals surface area contributed by atoms with Crippen molar-refractivity contribution in [2.75, 3.05) is 19.6 Å². The molecule has 2 aromatic carbocycles. The molecule has 0 N–H and O–H groups in total. The average Bonchev–Trinajstić information content (AvgIpc) is 3.30. The minimum absolute atomic E-state index is 0.0235. The number of benzene rings is 2. The van der Waals surface area contributed by atoms with Gasteiger partial charge in [0.1, 0.15) is 6.54 Å². The van der Waals surface area contributed by atoms with Crippen molar-refractivity contribution in [1.82, 2.24) is 15.0 Å². The number of carbonyl (C=O) groups excluding carboxylic acids is 2. The summed E-state index contributed by atoms with van der Waals surface area (Å²) in [6.45, 7) is 4.06. The summed E-state index contributed by atoms with van der Waals surface area (Å²) in [6, 6.07) is 20.8. The summed E-state index contributed by atoms with van der Waals surface area (Å²) in [7, 11) is 0. The van der Waals surface area contributed by atoms with E-state index in [0.717, 1.165) is 37.1 Å². The van der Waals surface area contributed by atoms with Crippen molar-refractivity contribution >= 4 is 11.8 Å². The molecule has 3 aromatic rings. The average molecular weight is 418 g/mol. The first-order chi connectivity index (χ1) is 15.1. The van der Waals surface area contributed by atoms with Crippen molar-refractivity contribution in [1.29, 1.82) is 0 Å². The number of nitrogens with zero attached hydrogens (tertiary/aromatic N) is 3. The van der Waals surface area contributed by atoms with E-state index in [-0.39, 0.29) is 24.1 Å². The van der Waals surface area contributed by atoms with Crippen LogP contribution < -0.4 is 0 Å². The quantitative estimate of drug-likeness (QED) is 0.602. The van der Waals surface area contributed by atoms with Crippen LogP contribution in [0.4, 0.5) is 0 Å². The predicted octanol–water partition coefficient (Wildman–Crippen LogP) is 4.24. The van der Waals surface area contributed by atoms with E-state index >= 15 is 0 Å². The zero-order valence-electron chi connectivity index (χ0n) is 17.7. The number of hydrogen-bond donors (Lipinski definition) is 0. The summed E-state index contributed by atoms with van der Waals surface area (Å²) in [4.78, 5) is 29.7. The number of rotatable bonds is 6. The van der Waals surface area contributed by atoms with Gasteiger partial charge in [-0.15, -0.1) is 0 Å². The molecule has 0 bridgehead atoms. The maximum absolute atomic E-state index is 13.3. The molecule has 160 valence electrons. The molecule has 2 heterocycles. The van der Waals surface area contributed by atoms with Crippen LogP contribution in [0.2, 0.25) is 0 Å². The first kappa shape index (κ1) is 20.8. The molecule has 1 aliphatic heterocycles. The van der Waals surface area contributed by atoms with Gasteiger partial charge in [0.05, 0.1) is 0 Å². The minimum Gasteiger partial charge on any atom is -0.355 e. The molecular weight excluding hydrogens is 390 g/mol. The second kappa shape index (κ2) is 9.60. The molecule has 1 aromatic heterocycles. The van der Waals surface area contributed by atoms with E-state index < -0.39 is 0 Å². The van der Waals surface area contributed by atoms with Crippen molar-refractivity contribution < 1.29 is 14.1 Å². The highest BCUT2D eigenvalue weighted by molar-refractivity contribution is 5.95. The Morgan fingerprint density at radius 1 is 1.03 bits per heavy atom. The van der Waals surface area contributed by atoms with Gasteiger partial charge >= 0.3 is 0 Å². The molecule has 0 aliphatic carbocycles. The lowest BCUT2D eigenvalue weighted by Crippen LogP contribution is -2.45. The lowest BCUT2D eigenvalue weighted by molar-refractivity contribution is -0.133. The van der Waals surface area contributed by atoms with Crippen LogP contribution in [0.5, 0.6) is 0 Å². The maximum Gasteiger partial charge on any atom is 0.276 e. The molecule has 4 rings (SSSR count). The van der Waals surface area contributed by atoms with Crippen LogP contribution in [0.1, 0.15) is 35.8 Å². The summed E-state index contributed by atoms with van der Waals surface area (Å²) < 4.78 is 5.41. The van der Waals surface area contributed by atoms with Gasteiger partial charge in [-0.05, 0) is 24.3 Å². The summed E-state index contributed by atoms with van der Waals surface area (Å²) in [5.74, 6) is 0.828. The Labute approximate surface area is 182 Å². The van der Waals surface area contributed by atoms with Crippen LogP contribution in [-0.2, 0) is 11.3 Å². The van der Waals surface area contributed by atoms with Crippen molar-refractivity contribution in [3.05, 3.63) is 78.0 Å². The van der Waals surface area contributed by atoms with E-state index in [4.69, 9.17) is 4.52 Å². The molecule has 1 fully saturated rings. The number of piperidine rings is 1. The predicted molar refractivity (Wildman–Crippen MR) is 118 cm³/mol. The number of likely N-dealkylation sites (tertiary alicyclic amines) is 1. The molecule has 0 atom stereocenters. The van der Waals surface area contributed by atoms with E-state index in [1.54, 1.807) is 11.0 Å². The Bertz CT molecular complexity index is 1010. The van der Waals surface area contributed by atoms with Gasteiger partial charge in [-0.3, -0.25) is 9.59 Å². The van der Waals surface area contributed by atoms with Gasteiger partial charge in [-0.1, -0.05) is 72.7 Å². The fourth-order valence-corrected chi connectivity index (χ4v) is 3.80. The molecule has 0 unspecified atom stereocenters. The van der Waals surface area contributed by atoms with Crippen LogP contribution in [0.15, 0.2) is 71.3 Å². The highest BCUT2D eigenvalue weighted by Crippen LogP contribution is 2.21. The molecule has 0 spiro atoms. The molecule has 1 saturated heterocycles. The van der Waals surface area contributed by atoms with E-state index in [1.807, 2.05) is 65.6 Å². The molecule has 0 saturated carbocycles. The first-order valence-electron chi connectivity index (χ1n) is 10.7. The molecule has 1 aliphatic rings. The zero-order chi connectivity index (χ0) is 21.6. The van der Waals surface area contributed by atoms with Gasteiger partial charge in [-0.2, -0.15) is 0 Å². The van der Waals surface area contributed by atoms with Gasteiger partial charge < -0.3 is 14.3 Å². The minimum atomic E-state index is -0.312. The molecule has 31 heavy (non-hydrogen) atoms. The van der Waals surface area contributed by atoms with Gasteiger partial charge in [0, 0.05) is 31.3 Å². The third-order valence-corrected chi connectivity index (χ3v) is 5.75. The van der Waals surface area contributed by atoms with Gasteiger partial charge in [-0.25, -0.2) is 0 Å². The second-order valence-electron chi connectivity index (χ2n) is 8.15. The topological polar surface area (TPSA) is 66.7 Å². The van der Waals surface area contributed by atoms with Gasteiger partial charge in [0.25, 0.3) is 5.91 Å². The number of aromatic nitrogens is 1. The third kappa shape index (κ3) is 5.20. The Balaban J connectivity index is 1.53. The molecule has 6 heteroatoms. The normalized spacial score (nSPS) is 14.4. The zero-order valence-corrected chi connectivity index (χ0v) is 17.7. The van der Waals surface area contributed by atoms with Crippen LogP contribution in [0.25, 0.3) is 11.3 Å². The standard InChI is InChI=1S/C25H27N3O3/c1-19-12-14-27(15-13-19)24(29)18-28(17-20-8-4-2-5-9-20)25(30)22-16-23(31-26-22)21-10-6-3-7-11-21/h2-11,16,19H,12-15,17-18H2,1H3. The van der Waals surface area contributed by atoms with Crippen molar-refractivity contribution in [3.8, 4) is 11.3 Å². The Hall–Kier alpha value is -3.41. The van der Waals surface area contributed by atoms with Gasteiger partial charge in [0.15, 0.2) is 11.5 Å². The largest absolute Gasteiger partial charge is 0.355 e. The second-order valence-corrected chi connectivity index (χ2v) is 8.15. The highest BCUT2D eigenvalue weighted by atomic mass is 16.5. The highest BCUT2D eigenvalue weighted by Gasteiger charge is 2.27. The fraction of sp³-hybridized carbons (Fsp3) is 0.320. The number of amides is 2. The lowest BCUT2D eigenvalue weighted by Gasteiger charge is -2.32. The fourth-order valence-electron chi connectivity index (χ4n) is 3.80. The first-order valence-corrected chi connectivity index (χ1v) is 10.7. The summed E-state index contributed by atoms with van der Waals surface area (Å²) in [5.41, 5.74) is 2.01. The number of hydrogen-bond acceptors (Lipinski definition) is 4. The van der Waals surface area contributed by atoms with Crippen LogP contribution in [0.3, 0.4) is 0 Å². The van der Waals surface area contributed by atoms with Crippen LogP contribution >= 0.6 is 0 Å². The Kier molecular flexibility index (Phi) is 6.46. The molecule has 0 radical (unpaired) electrons. The summed E-state index contributed by atoms with van der Waals surface area (Å²) >= 11 is 0. The van der Waals surface area contributed by atoms with E-state index in [9.17, 15) is 9.59 Å². The van der Waals surface area contributed by atoms with E-state index in [0.29, 0.717) is 18.2 Å². The summed E-state index contributed by atoms with van der Waals surface area (Å²) in [5, 5.41) is 3.99. The summed E-state index contributed by atoms with van der Waals surface area (Å²) in [6.07, 6.45) is 2.00. The van der Waals surface area contributed by atoms with Crippen molar-refractivity contribution in [3.63, 3.8) is 0 Å². The Morgan fingerprint density at radius 3 is 2.35 bits per heavy atom. The monoisotopic (exact) mass is 417 g/mol. The molecular formula is C25H27N3O3. The van der Waals surface area contributed by atoms with E-state index in [1.165, 1.54) is 0 Å². The van der Waals surface area contributed by atoms with Crippen molar-refractivity contribution in [2.45, 2.75) is 26.3 Å². The third-order valence-electron chi connectivity index (χ3n) is 5.75. The molecule has 2 amide bonds. The van der Waals surface area contributed by atoms with Gasteiger partial charge in [0.2, 0.25) is 5.91 Å². The van der Waals surface area contributed by atoms with Crippen LogP contribution in [0, 0.1) is 5.92 Å². The smallest absolute Gasteiger partial charge is 0.276 e. The van der Waals surface area contributed by atoms with Crippen molar-refractivity contribution in [2.24, 2.45) is 5.92 Å². The number of carbonyl (C=O) groups is 2.